The summed E-state index contributed by atoms with van der Waals surface area (Å²) in [6, 6.07) is 0. The summed E-state index contributed by atoms with van der Waals surface area (Å²) in [7, 11) is 0. The molecule has 134 valence electrons. The molecular formula is C17H25NO5S. The average Bonchev–Trinajstić information content (AvgIpc) is 2.84. The third-order valence-electron chi connectivity index (χ3n) is 3.35. The van der Waals surface area contributed by atoms with Crippen molar-refractivity contribution in [1.29, 1.82) is 0 Å². The minimum absolute atomic E-state index is 0.175. The standard InChI is InChI=1S/C17H25NO5S/c1-5-8-9-10-12(19)18-15-13(16(20)22-6-2)11(4)14(24-15)17(21)23-7-3/h5-10H2,1-4H3,(H,18,19). The molecule has 1 rings (SSSR count). The summed E-state index contributed by atoms with van der Waals surface area (Å²) in [6.45, 7) is 7.58. The molecule has 0 saturated heterocycles. The van der Waals surface area contributed by atoms with Gasteiger partial charge in [-0.1, -0.05) is 19.8 Å². The normalized spacial score (nSPS) is 10.3. The van der Waals surface area contributed by atoms with Crippen LogP contribution in [0, 0.1) is 6.92 Å². The Morgan fingerprint density at radius 2 is 1.62 bits per heavy atom. The molecule has 0 unspecified atom stereocenters. The Balaban J connectivity index is 3.07. The van der Waals surface area contributed by atoms with Crippen LogP contribution < -0.4 is 5.32 Å². The minimum Gasteiger partial charge on any atom is -0.462 e. The summed E-state index contributed by atoms with van der Waals surface area (Å²) in [5.41, 5.74) is 0.703. The largest absolute Gasteiger partial charge is 0.462 e. The van der Waals surface area contributed by atoms with E-state index >= 15 is 0 Å². The molecule has 0 fully saturated rings. The summed E-state index contributed by atoms with van der Waals surface area (Å²) in [5, 5.41) is 3.08. The molecule has 1 aromatic rings. The molecule has 1 aromatic heterocycles. The van der Waals surface area contributed by atoms with E-state index in [-0.39, 0.29) is 24.7 Å². The Morgan fingerprint density at radius 1 is 1.00 bits per heavy atom. The molecule has 0 aliphatic carbocycles. The van der Waals surface area contributed by atoms with Gasteiger partial charge in [-0.3, -0.25) is 4.79 Å². The van der Waals surface area contributed by atoms with Gasteiger partial charge in [-0.25, -0.2) is 9.59 Å². The van der Waals surface area contributed by atoms with Crippen LogP contribution in [0.25, 0.3) is 0 Å². The Bertz CT molecular complexity index is 594. The number of carbonyl (C=O) groups is 3. The Morgan fingerprint density at radius 3 is 2.21 bits per heavy atom. The van der Waals surface area contributed by atoms with Crippen molar-refractivity contribution in [3.8, 4) is 0 Å². The van der Waals surface area contributed by atoms with E-state index in [2.05, 4.69) is 12.2 Å². The molecule has 1 heterocycles. The fourth-order valence-corrected chi connectivity index (χ4v) is 3.27. The predicted molar refractivity (Wildman–Crippen MR) is 93.7 cm³/mol. The first-order valence-electron chi connectivity index (χ1n) is 8.23. The lowest BCUT2D eigenvalue weighted by atomic mass is 10.1. The zero-order valence-corrected chi connectivity index (χ0v) is 15.5. The number of rotatable bonds is 9. The summed E-state index contributed by atoms with van der Waals surface area (Å²) < 4.78 is 10.1. The molecule has 1 amide bonds. The lowest BCUT2D eigenvalue weighted by Crippen LogP contribution is -2.14. The first-order valence-corrected chi connectivity index (χ1v) is 9.05. The van der Waals surface area contributed by atoms with Crippen molar-refractivity contribution in [3.05, 3.63) is 16.0 Å². The molecule has 24 heavy (non-hydrogen) atoms. The second kappa shape index (κ2) is 10.1. The number of hydrogen-bond donors (Lipinski definition) is 1. The Kier molecular flexibility index (Phi) is 8.46. The van der Waals surface area contributed by atoms with Crippen LogP contribution in [0.3, 0.4) is 0 Å². The lowest BCUT2D eigenvalue weighted by molar-refractivity contribution is -0.116. The van der Waals surface area contributed by atoms with Crippen molar-refractivity contribution < 1.29 is 23.9 Å². The average molecular weight is 355 g/mol. The second-order valence-electron chi connectivity index (χ2n) is 5.21. The summed E-state index contributed by atoms with van der Waals surface area (Å²) in [5.74, 6) is -1.23. The quantitative estimate of drug-likeness (QED) is 0.536. The van der Waals surface area contributed by atoms with E-state index in [1.165, 1.54) is 0 Å². The van der Waals surface area contributed by atoms with Crippen LogP contribution in [0.5, 0.6) is 0 Å². The van der Waals surface area contributed by atoms with Crippen molar-refractivity contribution in [2.75, 3.05) is 18.5 Å². The van der Waals surface area contributed by atoms with E-state index in [4.69, 9.17) is 9.47 Å². The Labute approximate surface area is 146 Å². The van der Waals surface area contributed by atoms with E-state index < -0.39 is 11.9 Å². The van der Waals surface area contributed by atoms with E-state index in [0.717, 1.165) is 30.6 Å². The lowest BCUT2D eigenvalue weighted by Gasteiger charge is -2.07. The van der Waals surface area contributed by atoms with Gasteiger partial charge >= 0.3 is 11.9 Å². The van der Waals surface area contributed by atoms with Crippen LogP contribution in [0.4, 0.5) is 5.00 Å². The molecule has 0 aliphatic rings. The predicted octanol–water partition coefficient (Wildman–Crippen LogP) is 3.93. The maximum Gasteiger partial charge on any atom is 0.348 e. The number of amides is 1. The third kappa shape index (κ3) is 5.33. The summed E-state index contributed by atoms with van der Waals surface area (Å²) in [4.78, 5) is 36.6. The highest BCUT2D eigenvalue weighted by Gasteiger charge is 2.27. The first kappa shape index (κ1) is 20.2. The molecule has 6 nitrogen and oxygen atoms in total. The number of hydrogen-bond acceptors (Lipinski definition) is 6. The molecule has 0 spiro atoms. The molecule has 0 aromatic carbocycles. The molecule has 0 atom stereocenters. The van der Waals surface area contributed by atoms with Crippen molar-refractivity contribution in [3.63, 3.8) is 0 Å². The van der Waals surface area contributed by atoms with Gasteiger partial charge in [0.15, 0.2) is 0 Å². The zero-order chi connectivity index (χ0) is 18.1. The van der Waals surface area contributed by atoms with Gasteiger partial charge in [0.25, 0.3) is 0 Å². The van der Waals surface area contributed by atoms with Gasteiger partial charge in [0.1, 0.15) is 9.88 Å². The van der Waals surface area contributed by atoms with Crippen molar-refractivity contribution >= 4 is 34.2 Å². The molecule has 0 bridgehead atoms. The number of anilines is 1. The number of unbranched alkanes of at least 4 members (excludes halogenated alkanes) is 2. The number of esters is 2. The molecule has 0 radical (unpaired) electrons. The van der Waals surface area contributed by atoms with Crippen LogP contribution in [-0.4, -0.2) is 31.1 Å². The summed E-state index contributed by atoms with van der Waals surface area (Å²) >= 11 is 1.05. The zero-order valence-electron chi connectivity index (χ0n) is 14.7. The van der Waals surface area contributed by atoms with E-state index in [1.54, 1.807) is 20.8 Å². The smallest absolute Gasteiger partial charge is 0.348 e. The van der Waals surface area contributed by atoms with E-state index in [1.807, 2.05) is 0 Å². The van der Waals surface area contributed by atoms with Crippen LogP contribution in [0.15, 0.2) is 0 Å². The maximum absolute atomic E-state index is 12.2. The summed E-state index contributed by atoms with van der Waals surface area (Å²) in [6.07, 6.45) is 3.15. The number of thiophene rings is 1. The van der Waals surface area contributed by atoms with Crippen LogP contribution >= 0.6 is 11.3 Å². The monoisotopic (exact) mass is 355 g/mol. The van der Waals surface area contributed by atoms with Crippen molar-refractivity contribution in [1.82, 2.24) is 0 Å². The highest BCUT2D eigenvalue weighted by Crippen LogP contribution is 2.34. The molecule has 0 saturated carbocycles. The van der Waals surface area contributed by atoms with Gasteiger partial charge in [-0.2, -0.15) is 0 Å². The molecule has 7 heteroatoms. The van der Waals surface area contributed by atoms with Gasteiger partial charge in [0.05, 0.1) is 18.8 Å². The molecule has 0 aliphatic heterocycles. The highest BCUT2D eigenvalue weighted by molar-refractivity contribution is 7.18. The van der Waals surface area contributed by atoms with Crippen LogP contribution in [0.1, 0.15) is 72.0 Å². The minimum atomic E-state index is -0.550. The topological polar surface area (TPSA) is 81.7 Å². The van der Waals surface area contributed by atoms with Crippen LogP contribution in [-0.2, 0) is 14.3 Å². The fourth-order valence-electron chi connectivity index (χ4n) is 2.17. The van der Waals surface area contributed by atoms with Crippen molar-refractivity contribution in [2.24, 2.45) is 0 Å². The SMILES string of the molecule is CCCCCC(=O)Nc1sc(C(=O)OCC)c(C)c1C(=O)OCC. The van der Waals surface area contributed by atoms with Crippen molar-refractivity contribution in [2.45, 2.75) is 53.4 Å². The van der Waals surface area contributed by atoms with Gasteiger partial charge in [-0.15, -0.1) is 11.3 Å². The van der Waals surface area contributed by atoms with Crippen LogP contribution in [0.2, 0.25) is 0 Å². The van der Waals surface area contributed by atoms with Gasteiger partial charge in [-0.05, 0) is 32.8 Å². The number of nitrogens with one attached hydrogen (secondary N) is 1. The van der Waals surface area contributed by atoms with E-state index in [0.29, 0.717) is 21.9 Å². The third-order valence-corrected chi connectivity index (χ3v) is 4.53. The molecule has 1 N–H and O–H groups in total. The first-order chi connectivity index (χ1) is 11.5. The fraction of sp³-hybridized carbons (Fsp3) is 0.588. The Hall–Kier alpha value is -1.89. The second-order valence-corrected chi connectivity index (χ2v) is 6.23. The van der Waals surface area contributed by atoms with Gasteiger partial charge in [0.2, 0.25) is 5.91 Å². The van der Waals surface area contributed by atoms with Gasteiger partial charge in [0, 0.05) is 6.42 Å². The maximum atomic E-state index is 12.2. The molecular weight excluding hydrogens is 330 g/mol. The highest BCUT2D eigenvalue weighted by atomic mass is 32.1. The number of ether oxygens (including phenoxy) is 2. The number of carbonyl (C=O) groups excluding carboxylic acids is 3. The van der Waals surface area contributed by atoms with E-state index in [9.17, 15) is 14.4 Å². The van der Waals surface area contributed by atoms with Gasteiger partial charge < -0.3 is 14.8 Å².